The summed E-state index contributed by atoms with van der Waals surface area (Å²) in [5, 5.41) is 9.83. The lowest BCUT2D eigenvalue weighted by Gasteiger charge is -2.25. The summed E-state index contributed by atoms with van der Waals surface area (Å²) in [6, 6.07) is 11.4. The first-order valence-corrected chi connectivity index (χ1v) is 13.2. The normalized spacial score (nSPS) is 19.5. The average molecular weight is 526 g/mol. The summed E-state index contributed by atoms with van der Waals surface area (Å²) in [6.45, 7) is 2.08. The number of para-hydroxylation sites is 1. The highest BCUT2D eigenvalue weighted by Gasteiger charge is 2.38. The molecule has 0 bridgehead atoms. The van der Waals surface area contributed by atoms with Gasteiger partial charge in [0.25, 0.3) is 0 Å². The van der Waals surface area contributed by atoms with E-state index < -0.39 is 12.2 Å². The standard InChI is InChI=1S/C28H32ClN3O5/c1-4-36-24(33)16-23-28-31-30-27(17-9-6-5-7-10-17)32(28)21-14-13-18(29)15-20(21)25(37-23)19-11-8-12-22(34-2)26(19)35-3/h8,11-15,17,23,25H,4-7,9-10,16H2,1-3H3. The third-order valence-corrected chi connectivity index (χ3v) is 7.39. The molecule has 2 atom stereocenters. The number of carbonyl (C=O) groups is 1. The number of esters is 1. The van der Waals surface area contributed by atoms with Crippen molar-refractivity contribution in [1.82, 2.24) is 14.8 Å². The molecule has 0 amide bonds. The van der Waals surface area contributed by atoms with Gasteiger partial charge in [-0.2, -0.15) is 0 Å². The van der Waals surface area contributed by atoms with Crippen LogP contribution in [0.5, 0.6) is 11.5 Å². The molecule has 196 valence electrons. The second-order valence-corrected chi connectivity index (χ2v) is 9.82. The first kappa shape index (κ1) is 25.5. The molecule has 3 aromatic rings. The molecule has 2 unspecified atom stereocenters. The largest absolute Gasteiger partial charge is 0.493 e. The SMILES string of the molecule is CCOC(=O)CC1OC(c2cccc(OC)c2OC)c2cc(Cl)ccc2-n2c(C3CCCCC3)nnc21. The Morgan fingerprint density at radius 3 is 2.57 bits per heavy atom. The third-order valence-electron chi connectivity index (χ3n) is 7.16. The van der Waals surface area contributed by atoms with Crippen molar-refractivity contribution in [3.05, 3.63) is 64.2 Å². The van der Waals surface area contributed by atoms with Gasteiger partial charge in [-0.3, -0.25) is 9.36 Å². The minimum atomic E-state index is -0.698. The molecule has 0 N–H and O–H groups in total. The molecule has 2 aromatic carbocycles. The van der Waals surface area contributed by atoms with Gasteiger partial charge in [0.15, 0.2) is 17.3 Å². The Hall–Kier alpha value is -3.10. The van der Waals surface area contributed by atoms with Crippen LogP contribution in [0.15, 0.2) is 36.4 Å². The zero-order chi connectivity index (χ0) is 25.9. The van der Waals surface area contributed by atoms with Crippen LogP contribution in [0.25, 0.3) is 5.69 Å². The van der Waals surface area contributed by atoms with E-state index in [2.05, 4.69) is 14.8 Å². The number of aromatic nitrogens is 3. The van der Waals surface area contributed by atoms with Crippen molar-refractivity contribution in [3.63, 3.8) is 0 Å². The number of fused-ring (bicyclic) bond motifs is 3. The van der Waals surface area contributed by atoms with E-state index in [9.17, 15) is 4.79 Å². The van der Waals surface area contributed by atoms with Crippen LogP contribution in [0.4, 0.5) is 0 Å². The molecule has 1 aliphatic carbocycles. The molecule has 0 spiro atoms. The molecule has 1 aliphatic heterocycles. The maximum absolute atomic E-state index is 12.7. The Balaban J connectivity index is 1.72. The number of hydrogen-bond donors (Lipinski definition) is 0. The van der Waals surface area contributed by atoms with Crippen molar-refractivity contribution < 1.29 is 23.7 Å². The Labute approximate surface area is 221 Å². The van der Waals surface area contributed by atoms with E-state index in [1.165, 1.54) is 6.42 Å². The Morgan fingerprint density at radius 2 is 1.84 bits per heavy atom. The van der Waals surface area contributed by atoms with Crippen molar-refractivity contribution in [2.75, 3.05) is 20.8 Å². The van der Waals surface area contributed by atoms with E-state index in [4.69, 9.17) is 30.5 Å². The summed E-state index contributed by atoms with van der Waals surface area (Å²) >= 11 is 6.54. The number of nitrogens with zero attached hydrogens (tertiary/aromatic N) is 3. The summed E-state index contributed by atoms with van der Waals surface area (Å²) in [5.41, 5.74) is 2.48. The van der Waals surface area contributed by atoms with E-state index in [-0.39, 0.29) is 24.9 Å². The van der Waals surface area contributed by atoms with Gasteiger partial charge in [0.1, 0.15) is 18.0 Å². The molecule has 0 saturated heterocycles. The fourth-order valence-electron chi connectivity index (χ4n) is 5.50. The summed E-state index contributed by atoms with van der Waals surface area (Å²) in [6.07, 6.45) is 4.35. The van der Waals surface area contributed by atoms with Gasteiger partial charge in [-0.15, -0.1) is 10.2 Å². The zero-order valence-electron chi connectivity index (χ0n) is 21.4. The Kier molecular flexibility index (Phi) is 7.67. The van der Waals surface area contributed by atoms with Crippen LogP contribution in [-0.2, 0) is 14.3 Å². The first-order chi connectivity index (χ1) is 18.0. The highest BCUT2D eigenvalue weighted by atomic mass is 35.5. The molecule has 2 aliphatic rings. The smallest absolute Gasteiger partial charge is 0.308 e. The van der Waals surface area contributed by atoms with E-state index in [1.807, 2.05) is 36.4 Å². The summed E-state index contributed by atoms with van der Waals surface area (Å²) in [5.74, 6) is 2.54. The minimum Gasteiger partial charge on any atom is -0.493 e. The molecule has 2 heterocycles. The van der Waals surface area contributed by atoms with E-state index in [1.54, 1.807) is 21.1 Å². The van der Waals surface area contributed by atoms with Crippen molar-refractivity contribution in [3.8, 4) is 17.2 Å². The molecule has 1 aromatic heterocycles. The lowest BCUT2D eigenvalue weighted by molar-refractivity contribution is -0.147. The van der Waals surface area contributed by atoms with Crippen LogP contribution >= 0.6 is 11.6 Å². The van der Waals surface area contributed by atoms with E-state index in [0.29, 0.717) is 22.3 Å². The minimum absolute atomic E-state index is 0.00114. The molecule has 1 fully saturated rings. The van der Waals surface area contributed by atoms with Crippen molar-refractivity contribution in [2.45, 2.75) is 63.6 Å². The van der Waals surface area contributed by atoms with Gasteiger partial charge in [0.05, 0.1) is 32.9 Å². The van der Waals surface area contributed by atoms with Gasteiger partial charge in [0, 0.05) is 22.1 Å². The summed E-state index contributed by atoms with van der Waals surface area (Å²) in [4.78, 5) is 12.7. The van der Waals surface area contributed by atoms with E-state index in [0.717, 1.165) is 48.3 Å². The van der Waals surface area contributed by atoms with Crippen LogP contribution in [0, 0.1) is 0 Å². The topological polar surface area (TPSA) is 84.7 Å². The summed E-state index contributed by atoms with van der Waals surface area (Å²) in [7, 11) is 3.20. The van der Waals surface area contributed by atoms with Crippen LogP contribution in [0.1, 0.15) is 86.4 Å². The molecule has 37 heavy (non-hydrogen) atoms. The maximum Gasteiger partial charge on any atom is 0.308 e. The Bertz CT molecular complexity index is 1270. The average Bonchev–Trinajstić information content (AvgIpc) is 3.31. The predicted molar refractivity (Wildman–Crippen MR) is 139 cm³/mol. The first-order valence-electron chi connectivity index (χ1n) is 12.8. The Morgan fingerprint density at radius 1 is 1.05 bits per heavy atom. The summed E-state index contributed by atoms with van der Waals surface area (Å²) < 4.78 is 25.5. The third kappa shape index (κ3) is 4.92. The molecular weight excluding hydrogens is 494 g/mol. The molecule has 9 heteroatoms. The van der Waals surface area contributed by atoms with Gasteiger partial charge in [0.2, 0.25) is 0 Å². The van der Waals surface area contributed by atoms with Gasteiger partial charge in [-0.1, -0.05) is 43.0 Å². The monoisotopic (exact) mass is 525 g/mol. The molecule has 0 radical (unpaired) electrons. The van der Waals surface area contributed by atoms with Gasteiger partial charge in [-0.05, 0) is 44.0 Å². The number of ether oxygens (including phenoxy) is 4. The van der Waals surface area contributed by atoms with Crippen molar-refractivity contribution >= 4 is 17.6 Å². The highest BCUT2D eigenvalue weighted by molar-refractivity contribution is 6.30. The number of carbonyl (C=O) groups excluding carboxylic acids is 1. The van der Waals surface area contributed by atoms with Gasteiger partial charge >= 0.3 is 5.97 Å². The van der Waals surface area contributed by atoms with Gasteiger partial charge in [-0.25, -0.2) is 0 Å². The van der Waals surface area contributed by atoms with Crippen LogP contribution in [0.3, 0.4) is 0 Å². The number of methoxy groups -OCH3 is 2. The number of benzene rings is 2. The van der Waals surface area contributed by atoms with Gasteiger partial charge < -0.3 is 18.9 Å². The van der Waals surface area contributed by atoms with Crippen LogP contribution in [-0.4, -0.2) is 41.6 Å². The number of rotatable bonds is 7. The molecular formula is C28H32ClN3O5. The quantitative estimate of drug-likeness (QED) is 0.344. The molecule has 5 rings (SSSR count). The molecule has 8 nitrogen and oxygen atoms in total. The highest BCUT2D eigenvalue weighted by Crippen LogP contribution is 2.47. The second-order valence-electron chi connectivity index (χ2n) is 9.39. The fourth-order valence-corrected chi connectivity index (χ4v) is 5.68. The fraction of sp³-hybridized carbons (Fsp3) is 0.464. The van der Waals surface area contributed by atoms with Crippen LogP contribution < -0.4 is 9.47 Å². The van der Waals surface area contributed by atoms with E-state index >= 15 is 0 Å². The zero-order valence-corrected chi connectivity index (χ0v) is 22.2. The lowest BCUT2D eigenvalue weighted by Crippen LogP contribution is -2.18. The lowest BCUT2D eigenvalue weighted by atomic mass is 9.88. The predicted octanol–water partition coefficient (Wildman–Crippen LogP) is 6.10. The van der Waals surface area contributed by atoms with Crippen LogP contribution in [0.2, 0.25) is 5.02 Å². The number of halogens is 1. The molecule has 1 saturated carbocycles. The van der Waals surface area contributed by atoms with Crippen molar-refractivity contribution in [1.29, 1.82) is 0 Å². The van der Waals surface area contributed by atoms with Crippen molar-refractivity contribution in [2.24, 2.45) is 0 Å². The number of hydrogen-bond acceptors (Lipinski definition) is 7. The maximum atomic E-state index is 12.7. The second kappa shape index (κ2) is 11.1.